The largest absolute Gasteiger partial charge is 0.493 e. The summed E-state index contributed by atoms with van der Waals surface area (Å²) in [7, 11) is 1.93. The van der Waals surface area contributed by atoms with E-state index < -0.39 is 0 Å². The molecule has 2 heterocycles. The van der Waals surface area contributed by atoms with E-state index in [2.05, 4.69) is 35.4 Å². The lowest BCUT2D eigenvalue weighted by Gasteiger charge is -2.23. The van der Waals surface area contributed by atoms with Gasteiger partial charge in [-0.25, -0.2) is 0 Å². The maximum Gasteiger partial charge on any atom is 0.160 e. The van der Waals surface area contributed by atoms with E-state index in [1.165, 1.54) is 10.9 Å². The molecule has 0 atom stereocenters. The van der Waals surface area contributed by atoms with Crippen LogP contribution < -0.4 is 4.74 Å². The predicted octanol–water partition coefficient (Wildman–Crippen LogP) is 3.77. The quantitative estimate of drug-likeness (QED) is 0.710. The molecule has 1 aliphatic rings. The third-order valence-electron chi connectivity index (χ3n) is 4.37. The summed E-state index contributed by atoms with van der Waals surface area (Å²) in [6, 6.07) is 12.6. The molecule has 3 aromatic rings. The molecular weight excluding hydrogens is 316 g/mol. The molecule has 5 heteroatoms. The van der Waals surface area contributed by atoms with Gasteiger partial charge in [0.05, 0.1) is 26.0 Å². The second-order valence-electron chi connectivity index (χ2n) is 6.29. The lowest BCUT2D eigenvalue weighted by Crippen LogP contribution is -2.26. The molecule has 1 fully saturated rings. The van der Waals surface area contributed by atoms with E-state index in [-0.39, 0.29) is 6.29 Å². The molecule has 0 amide bonds. The number of aryl methyl sites for hydroxylation is 1. The first-order chi connectivity index (χ1) is 12.3. The zero-order valence-corrected chi connectivity index (χ0v) is 14.4. The van der Waals surface area contributed by atoms with Crippen molar-refractivity contribution in [1.82, 2.24) is 9.78 Å². The molecule has 2 aromatic carbocycles. The maximum atomic E-state index is 5.86. The molecular formula is C20H22N2O3. The summed E-state index contributed by atoms with van der Waals surface area (Å²) < 4.78 is 18.7. The van der Waals surface area contributed by atoms with Crippen molar-refractivity contribution in [1.29, 1.82) is 0 Å². The van der Waals surface area contributed by atoms with E-state index in [0.717, 1.165) is 42.8 Å². The van der Waals surface area contributed by atoms with E-state index in [4.69, 9.17) is 14.2 Å². The van der Waals surface area contributed by atoms with Gasteiger partial charge < -0.3 is 14.2 Å². The van der Waals surface area contributed by atoms with Gasteiger partial charge in [0.2, 0.25) is 0 Å². The Balaban J connectivity index is 1.43. The first-order valence-corrected chi connectivity index (χ1v) is 8.67. The highest BCUT2D eigenvalue weighted by molar-refractivity contribution is 5.88. The first-order valence-electron chi connectivity index (χ1n) is 8.67. The van der Waals surface area contributed by atoms with Crippen LogP contribution >= 0.6 is 0 Å². The number of nitrogens with zero attached hydrogens (tertiary/aromatic N) is 2. The van der Waals surface area contributed by atoms with Gasteiger partial charge in [0.25, 0.3) is 0 Å². The van der Waals surface area contributed by atoms with E-state index in [1.54, 1.807) is 0 Å². The smallest absolute Gasteiger partial charge is 0.160 e. The molecule has 0 saturated carbocycles. The number of aromatic nitrogens is 2. The highest BCUT2D eigenvalue weighted by Crippen LogP contribution is 2.27. The van der Waals surface area contributed by atoms with Crippen LogP contribution in [0.5, 0.6) is 5.75 Å². The van der Waals surface area contributed by atoms with Crippen LogP contribution in [0.2, 0.25) is 0 Å². The Labute approximate surface area is 147 Å². The lowest BCUT2D eigenvalue weighted by molar-refractivity contribution is -0.183. The Kier molecular flexibility index (Phi) is 4.68. The Bertz CT molecular complexity index is 853. The van der Waals surface area contributed by atoms with Crippen molar-refractivity contribution < 1.29 is 14.2 Å². The molecule has 1 aliphatic heterocycles. The molecule has 0 N–H and O–H groups in total. The summed E-state index contributed by atoms with van der Waals surface area (Å²) in [5.74, 6) is 0.873. The van der Waals surface area contributed by atoms with Crippen molar-refractivity contribution in [3.63, 3.8) is 0 Å². The fraction of sp³-hybridized carbons (Fsp3) is 0.350. The minimum atomic E-state index is -0.128. The van der Waals surface area contributed by atoms with E-state index >= 15 is 0 Å². The average molecular weight is 338 g/mol. The zero-order chi connectivity index (χ0) is 17.1. The van der Waals surface area contributed by atoms with Gasteiger partial charge in [-0.2, -0.15) is 5.10 Å². The molecule has 1 saturated heterocycles. The van der Waals surface area contributed by atoms with Crippen LogP contribution in [0.25, 0.3) is 21.9 Å². The van der Waals surface area contributed by atoms with Crippen LogP contribution in [-0.4, -0.2) is 35.9 Å². The standard InChI is InChI=1S/C20H22N2O3/c1-22-14-18(13-21-22)16-3-4-17-12-19(6-5-15(17)11-16)23-10-7-20-24-8-2-9-25-20/h3-6,11-14,20H,2,7-10H2,1H3. The maximum absolute atomic E-state index is 5.86. The summed E-state index contributed by atoms with van der Waals surface area (Å²) in [5.41, 5.74) is 2.29. The average Bonchev–Trinajstić information content (AvgIpc) is 3.08. The molecule has 5 nitrogen and oxygen atoms in total. The third-order valence-corrected chi connectivity index (χ3v) is 4.37. The van der Waals surface area contributed by atoms with Crippen LogP contribution in [0.15, 0.2) is 48.8 Å². The van der Waals surface area contributed by atoms with Crippen molar-refractivity contribution in [2.45, 2.75) is 19.1 Å². The minimum absolute atomic E-state index is 0.128. The van der Waals surface area contributed by atoms with Crippen LogP contribution in [0, 0.1) is 0 Å². The molecule has 0 aliphatic carbocycles. The SMILES string of the molecule is Cn1cc(-c2ccc3cc(OCCC4OCCCO4)ccc3c2)cn1. The second kappa shape index (κ2) is 7.25. The van der Waals surface area contributed by atoms with Crippen molar-refractivity contribution in [2.24, 2.45) is 7.05 Å². The van der Waals surface area contributed by atoms with Crippen LogP contribution in [0.3, 0.4) is 0 Å². The molecule has 0 unspecified atom stereocenters. The summed E-state index contributed by atoms with van der Waals surface area (Å²) in [6.45, 7) is 2.14. The van der Waals surface area contributed by atoms with Crippen molar-refractivity contribution >= 4 is 10.8 Å². The van der Waals surface area contributed by atoms with Gasteiger partial charge in [-0.05, 0) is 41.0 Å². The molecule has 130 valence electrons. The monoisotopic (exact) mass is 338 g/mol. The Morgan fingerprint density at radius 3 is 2.68 bits per heavy atom. The Morgan fingerprint density at radius 2 is 1.88 bits per heavy atom. The van der Waals surface area contributed by atoms with Crippen LogP contribution in [-0.2, 0) is 16.5 Å². The summed E-state index contributed by atoms with van der Waals surface area (Å²) in [4.78, 5) is 0. The van der Waals surface area contributed by atoms with Crippen LogP contribution in [0.1, 0.15) is 12.8 Å². The Hall–Kier alpha value is -2.37. The fourth-order valence-electron chi connectivity index (χ4n) is 3.04. The topological polar surface area (TPSA) is 45.5 Å². The van der Waals surface area contributed by atoms with Gasteiger partial charge in [-0.1, -0.05) is 18.2 Å². The second-order valence-corrected chi connectivity index (χ2v) is 6.29. The van der Waals surface area contributed by atoms with Crippen LogP contribution in [0.4, 0.5) is 0 Å². The number of ether oxygens (including phenoxy) is 3. The van der Waals surface area contributed by atoms with Gasteiger partial charge in [0, 0.05) is 25.2 Å². The van der Waals surface area contributed by atoms with Gasteiger partial charge in [0.1, 0.15) is 5.75 Å². The van der Waals surface area contributed by atoms with Crippen molar-refractivity contribution in [3.8, 4) is 16.9 Å². The van der Waals surface area contributed by atoms with Gasteiger partial charge in [-0.15, -0.1) is 0 Å². The van der Waals surface area contributed by atoms with E-state index in [0.29, 0.717) is 6.61 Å². The summed E-state index contributed by atoms with van der Waals surface area (Å²) in [5, 5.41) is 6.59. The highest BCUT2D eigenvalue weighted by atomic mass is 16.7. The number of benzene rings is 2. The zero-order valence-electron chi connectivity index (χ0n) is 14.4. The minimum Gasteiger partial charge on any atom is -0.493 e. The molecule has 1 aromatic heterocycles. The normalized spacial score (nSPS) is 15.6. The molecule has 25 heavy (non-hydrogen) atoms. The van der Waals surface area contributed by atoms with E-state index in [1.807, 2.05) is 30.2 Å². The highest BCUT2D eigenvalue weighted by Gasteiger charge is 2.13. The van der Waals surface area contributed by atoms with Gasteiger partial charge >= 0.3 is 0 Å². The summed E-state index contributed by atoms with van der Waals surface area (Å²) in [6.07, 6.45) is 5.50. The van der Waals surface area contributed by atoms with Crippen molar-refractivity contribution in [3.05, 3.63) is 48.8 Å². The third kappa shape index (κ3) is 3.83. The lowest BCUT2D eigenvalue weighted by atomic mass is 10.0. The molecule has 0 spiro atoms. The molecule has 0 bridgehead atoms. The van der Waals surface area contributed by atoms with Crippen molar-refractivity contribution in [2.75, 3.05) is 19.8 Å². The number of hydrogen-bond acceptors (Lipinski definition) is 4. The van der Waals surface area contributed by atoms with E-state index in [9.17, 15) is 0 Å². The van der Waals surface area contributed by atoms with Gasteiger partial charge in [-0.3, -0.25) is 4.68 Å². The Morgan fingerprint density at radius 1 is 1.08 bits per heavy atom. The molecule has 0 radical (unpaired) electrons. The fourth-order valence-corrected chi connectivity index (χ4v) is 3.04. The first kappa shape index (κ1) is 16.1. The predicted molar refractivity (Wildman–Crippen MR) is 96.6 cm³/mol. The molecule has 4 rings (SSSR count). The number of rotatable bonds is 5. The number of hydrogen-bond donors (Lipinski definition) is 0. The van der Waals surface area contributed by atoms with Gasteiger partial charge in [0.15, 0.2) is 6.29 Å². The summed E-state index contributed by atoms with van der Waals surface area (Å²) >= 11 is 0. The number of fused-ring (bicyclic) bond motifs is 1.